The van der Waals surface area contributed by atoms with Crippen LogP contribution in [0.2, 0.25) is 5.02 Å². The van der Waals surface area contributed by atoms with E-state index in [4.69, 9.17) is 11.6 Å². The number of carbonyl (C=O) groups excluding carboxylic acids is 1. The fourth-order valence-electron chi connectivity index (χ4n) is 2.77. The number of nitrogens with zero attached hydrogens (tertiary/aromatic N) is 2. The zero-order chi connectivity index (χ0) is 18.0. The lowest BCUT2D eigenvalue weighted by atomic mass is 10.1. The van der Waals surface area contributed by atoms with Gasteiger partial charge in [0.15, 0.2) is 0 Å². The fraction of sp³-hybridized carbons (Fsp3) is 0.200. The van der Waals surface area contributed by atoms with Crippen LogP contribution in [-0.4, -0.2) is 15.7 Å². The van der Waals surface area contributed by atoms with Crippen molar-refractivity contribution in [2.24, 2.45) is 0 Å². The molecule has 0 spiro atoms. The van der Waals surface area contributed by atoms with Crippen molar-refractivity contribution in [3.63, 3.8) is 0 Å². The van der Waals surface area contributed by atoms with Gasteiger partial charge in [-0.15, -0.1) is 0 Å². The number of rotatable bonds is 4. The molecular weight excluding hydrogens is 334 g/mol. The standard InChI is InChI=1S/C20H20ClN3O/c1-4-15-7-5-6-8-18(15)22-20(25)16-9-11-17(12-10-16)24-14(3)19(21)13(2)23-24/h5-12H,4H2,1-3H3,(H,22,25). The van der Waals surface area contributed by atoms with Crippen molar-refractivity contribution < 1.29 is 4.79 Å². The summed E-state index contributed by atoms with van der Waals surface area (Å²) in [6.45, 7) is 5.86. The van der Waals surface area contributed by atoms with E-state index in [1.807, 2.05) is 50.2 Å². The largest absolute Gasteiger partial charge is 0.322 e. The number of carbonyl (C=O) groups is 1. The molecule has 0 aliphatic rings. The molecule has 0 unspecified atom stereocenters. The molecule has 0 aliphatic carbocycles. The van der Waals surface area contributed by atoms with E-state index < -0.39 is 0 Å². The monoisotopic (exact) mass is 353 g/mol. The summed E-state index contributed by atoms with van der Waals surface area (Å²) in [6, 6.07) is 15.2. The molecule has 0 aliphatic heterocycles. The van der Waals surface area contributed by atoms with Gasteiger partial charge in [0.25, 0.3) is 5.91 Å². The number of benzene rings is 2. The third-order valence-corrected chi connectivity index (χ3v) is 4.77. The van der Waals surface area contributed by atoms with Crippen LogP contribution in [0.15, 0.2) is 48.5 Å². The van der Waals surface area contributed by atoms with Crippen LogP contribution in [0.3, 0.4) is 0 Å². The van der Waals surface area contributed by atoms with Crippen LogP contribution in [0.1, 0.15) is 34.2 Å². The molecule has 128 valence electrons. The Balaban J connectivity index is 1.82. The molecular formula is C20H20ClN3O. The van der Waals surface area contributed by atoms with Crippen molar-refractivity contribution in [3.8, 4) is 5.69 Å². The van der Waals surface area contributed by atoms with Gasteiger partial charge in [0.2, 0.25) is 0 Å². The van der Waals surface area contributed by atoms with Crippen LogP contribution in [0.4, 0.5) is 5.69 Å². The number of hydrogen-bond acceptors (Lipinski definition) is 2. The first-order valence-electron chi connectivity index (χ1n) is 8.22. The predicted molar refractivity (Wildman–Crippen MR) is 102 cm³/mol. The Morgan fingerprint density at radius 2 is 1.80 bits per heavy atom. The highest BCUT2D eigenvalue weighted by Crippen LogP contribution is 2.23. The molecule has 0 saturated carbocycles. The number of aromatic nitrogens is 2. The summed E-state index contributed by atoms with van der Waals surface area (Å²) in [4.78, 5) is 12.5. The molecule has 0 bridgehead atoms. The lowest BCUT2D eigenvalue weighted by Crippen LogP contribution is -2.13. The van der Waals surface area contributed by atoms with Gasteiger partial charge < -0.3 is 5.32 Å². The number of para-hydroxylation sites is 1. The molecule has 3 aromatic rings. The number of hydrogen-bond donors (Lipinski definition) is 1. The first kappa shape index (κ1) is 17.2. The second-order valence-corrected chi connectivity index (χ2v) is 6.29. The van der Waals surface area contributed by atoms with Gasteiger partial charge >= 0.3 is 0 Å². The van der Waals surface area contributed by atoms with Crippen molar-refractivity contribution in [1.29, 1.82) is 0 Å². The van der Waals surface area contributed by atoms with Crippen LogP contribution in [-0.2, 0) is 6.42 Å². The van der Waals surface area contributed by atoms with Gasteiger partial charge in [-0.3, -0.25) is 4.79 Å². The smallest absolute Gasteiger partial charge is 0.255 e. The predicted octanol–water partition coefficient (Wildman–Crippen LogP) is 4.96. The van der Waals surface area contributed by atoms with E-state index in [1.165, 1.54) is 0 Å². The van der Waals surface area contributed by atoms with E-state index in [0.717, 1.165) is 34.7 Å². The summed E-state index contributed by atoms with van der Waals surface area (Å²) >= 11 is 6.20. The minimum Gasteiger partial charge on any atom is -0.322 e. The van der Waals surface area contributed by atoms with E-state index in [9.17, 15) is 4.79 Å². The van der Waals surface area contributed by atoms with Crippen molar-refractivity contribution >= 4 is 23.2 Å². The topological polar surface area (TPSA) is 46.9 Å². The number of aryl methyl sites for hydroxylation is 2. The molecule has 3 rings (SSSR count). The summed E-state index contributed by atoms with van der Waals surface area (Å²) in [6.07, 6.45) is 0.869. The van der Waals surface area contributed by atoms with Crippen LogP contribution in [0, 0.1) is 13.8 Å². The Labute approximate surface area is 152 Å². The van der Waals surface area contributed by atoms with Gasteiger partial charge in [-0.05, 0) is 56.2 Å². The highest BCUT2D eigenvalue weighted by atomic mass is 35.5. The Morgan fingerprint density at radius 1 is 1.12 bits per heavy atom. The lowest BCUT2D eigenvalue weighted by molar-refractivity contribution is 0.102. The van der Waals surface area contributed by atoms with Gasteiger partial charge in [-0.1, -0.05) is 36.7 Å². The Bertz CT molecular complexity index is 913. The van der Waals surface area contributed by atoms with Gasteiger partial charge in [-0.25, -0.2) is 4.68 Å². The highest BCUT2D eigenvalue weighted by molar-refractivity contribution is 6.31. The molecule has 0 saturated heterocycles. The first-order chi connectivity index (χ1) is 12.0. The average Bonchev–Trinajstić information content (AvgIpc) is 2.89. The van der Waals surface area contributed by atoms with Gasteiger partial charge in [0.1, 0.15) is 0 Å². The van der Waals surface area contributed by atoms with Crippen LogP contribution >= 0.6 is 11.6 Å². The van der Waals surface area contributed by atoms with E-state index in [1.54, 1.807) is 16.8 Å². The molecule has 1 heterocycles. The minimum atomic E-state index is -0.126. The molecule has 25 heavy (non-hydrogen) atoms. The highest BCUT2D eigenvalue weighted by Gasteiger charge is 2.12. The maximum Gasteiger partial charge on any atom is 0.255 e. The number of halogens is 1. The molecule has 1 amide bonds. The molecule has 4 nitrogen and oxygen atoms in total. The van der Waals surface area contributed by atoms with Gasteiger partial charge in [-0.2, -0.15) is 5.10 Å². The molecule has 5 heteroatoms. The van der Waals surface area contributed by atoms with Crippen LogP contribution in [0.5, 0.6) is 0 Å². The average molecular weight is 354 g/mol. The number of amides is 1. The zero-order valence-corrected chi connectivity index (χ0v) is 15.3. The van der Waals surface area contributed by atoms with Crippen molar-refractivity contribution in [2.75, 3.05) is 5.32 Å². The van der Waals surface area contributed by atoms with Crippen LogP contribution < -0.4 is 5.32 Å². The van der Waals surface area contributed by atoms with Crippen LogP contribution in [0.25, 0.3) is 5.69 Å². The Kier molecular flexibility index (Phi) is 4.91. The lowest BCUT2D eigenvalue weighted by Gasteiger charge is -2.10. The molecule has 1 aromatic heterocycles. The number of anilines is 1. The molecule has 2 aromatic carbocycles. The van der Waals surface area contributed by atoms with E-state index >= 15 is 0 Å². The maximum atomic E-state index is 12.5. The van der Waals surface area contributed by atoms with E-state index in [-0.39, 0.29) is 5.91 Å². The second-order valence-electron chi connectivity index (χ2n) is 5.91. The Hall–Kier alpha value is -2.59. The molecule has 0 radical (unpaired) electrons. The molecule has 1 N–H and O–H groups in total. The molecule has 0 fully saturated rings. The summed E-state index contributed by atoms with van der Waals surface area (Å²) < 4.78 is 1.78. The summed E-state index contributed by atoms with van der Waals surface area (Å²) in [5.74, 6) is -0.126. The van der Waals surface area contributed by atoms with Crippen molar-refractivity contribution in [2.45, 2.75) is 27.2 Å². The maximum absolute atomic E-state index is 12.5. The quantitative estimate of drug-likeness (QED) is 0.720. The van der Waals surface area contributed by atoms with Gasteiger partial charge in [0, 0.05) is 11.3 Å². The fourth-order valence-corrected chi connectivity index (χ4v) is 2.89. The summed E-state index contributed by atoms with van der Waals surface area (Å²) in [5, 5.41) is 8.07. The number of nitrogens with one attached hydrogen (secondary N) is 1. The van der Waals surface area contributed by atoms with E-state index in [0.29, 0.717) is 10.6 Å². The van der Waals surface area contributed by atoms with Gasteiger partial charge in [0.05, 0.1) is 22.1 Å². The summed E-state index contributed by atoms with van der Waals surface area (Å²) in [7, 11) is 0. The minimum absolute atomic E-state index is 0.126. The SMILES string of the molecule is CCc1ccccc1NC(=O)c1ccc(-n2nc(C)c(Cl)c2C)cc1. The second kappa shape index (κ2) is 7.11. The molecule has 0 atom stereocenters. The third-order valence-electron chi connectivity index (χ3n) is 4.22. The van der Waals surface area contributed by atoms with Crippen molar-refractivity contribution in [3.05, 3.63) is 76.1 Å². The summed E-state index contributed by atoms with van der Waals surface area (Å²) in [5.41, 5.74) is 5.11. The zero-order valence-electron chi connectivity index (χ0n) is 14.5. The Morgan fingerprint density at radius 3 is 2.40 bits per heavy atom. The third kappa shape index (κ3) is 3.44. The normalized spacial score (nSPS) is 10.7. The van der Waals surface area contributed by atoms with E-state index in [2.05, 4.69) is 17.3 Å². The van der Waals surface area contributed by atoms with Crippen molar-refractivity contribution in [1.82, 2.24) is 9.78 Å². The first-order valence-corrected chi connectivity index (χ1v) is 8.60.